The quantitative estimate of drug-likeness (QED) is 0.394. The predicted octanol–water partition coefficient (Wildman–Crippen LogP) is 0.204. The average Bonchev–Trinajstić information content (AvgIpc) is 3.31. The zero-order valence-electron chi connectivity index (χ0n) is 16.1. The van der Waals surface area contributed by atoms with E-state index in [0.717, 1.165) is 5.56 Å². The molecule has 0 bridgehead atoms. The van der Waals surface area contributed by atoms with E-state index in [9.17, 15) is 32.3 Å². The molecule has 166 valence electrons. The van der Waals surface area contributed by atoms with Crippen molar-refractivity contribution in [1.29, 1.82) is 0 Å². The molecular weight excluding hydrogens is 423 g/mol. The molecule has 2 aliphatic rings. The number of aryl methyl sites for hydroxylation is 1. The second kappa shape index (κ2) is 8.28. The number of carbonyl (C=O) groups excluding carboxylic acids is 1. The van der Waals surface area contributed by atoms with Crippen LogP contribution in [0, 0.1) is 24.7 Å². The molecule has 1 aromatic rings. The molecule has 3 rings (SSSR count). The minimum atomic E-state index is -4.02. The lowest BCUT2D eigenvalue weighted by Gasteiger charge is -2.29. The SMILES string of the molecule is C[C@H](N)C(=O)N[C@@]1(C(=O)O)C[C@@H](F)[C@H]2[C@H](C(=O)O)[C@H]21.Cc1ccc(S(=O)(=O)O)cc1. The van der Waals surface area contributed by atoms with Crippen LogP contribution >= 0.6 is 0 Å². The number of nitrogens with two attached hydrogens (primary N) is 1. The summed E-state index contributed by atoms with van der Waals surface area (Å²) in [4.78, 5) is 33.9. The highest BCUT2D eigenvalue weighted by Crippen LogP contribution is 2.63. The van der Waals surface area contributed by atoms with Gasteiger partial charge in [0, 0.05) is 18.3 Å². The van der Waals surface area contributed by atoms with E-state index in [1.54, 1.807) is 12.1 Å². The van der Waals surface area contributed by atoms with Crippen molar-refractivity contribution in [3.05, 3.63) is 29.8 Å². The molecule has 0 radical (unpaired) electrons. The van der Waals surface area contributed by atoms with E-state index < -0.39 is 69.9 Å². The number of carboxylic acid groups (broad SMARTS) is 2. The smallest absolute Gasteiger partial charge is 0.329 e. The first kappa shape index (κ1) is 23.7. The van der Waals surface area contributed by atoms with Crippen molar-refractivity contribution < 1.29 is 42.0 Å². The Morgan fingerprint density at radius 2 is 1.77 bits per heavy atom. The number of hydrogen-bond donors (Lipinski definition) is 5. The molecule has 12 heteroatoms. The largest absolute Gasteiger partial charge is 0.481 e. The minimum Gasteiger partial charge on any atom is -0.481 e. The lowest BCUT2D eigenvalue weighted by atomic mass is 9.89. The molecule has 1 amide bonds. The Bertz CT molecular complexity index is 949. The molecule has 0 saturated heterocycles. The molecule has 10 nitrogen and oxygen atoms in total. The molecule has 1 aromatic carbocycles. The maximum atomic E-state index is 13.8. The number of benzene rings is 1. The number of hydrogen-bond acceptors (Lipinski definition) is 6. The lowest BCUT2D eigenvalue weighted by molar-refractivity contribution is -0.150. The number of alkyl halides is 1. The summed E-state index contributed by atoms with van der Waals surface area (Å²) in [5.41, 5.74) is 4.44. The highest BCUT2D eigenvalue weighted by atomic mass is 32.2. The number of carboxylic acids is 2. The van der Waals surface area contributed by atoms with Crippen molar-refractivity contribution in [3.63, 3.8) is 0 Å². The number of rotatable bonds is 5. The first-order valence-electron chi connectivity index (χ1n) is 8.94. The van der Waals surface area contributed by atoms with Gasteiger partial charge >= 0.3 is 11.9 Å². The second-order valence-electron chi connectivity index (χ2n) is 7.53. The highest BCUT2D eigenvalue weighted by molar-refractivity contribution is 7.85. The van der Waals surface area contributed by atoms with Gasteiger partial charge in [0.1, 0.15) is 11.7 Å². The maximum absolute atomic E-state index is 13.8. The summed E-state index contributed by atoms with van der Waals surface area (Å²) in [6, 6.07) is 5.04. The Balaban J connectivity index is 0.000000248. The Hall–Kier alpha value is -2.57. The van der Waals surface area contributed by atoms with E-state index in [0.29, 0.717) is 0 Å². The van der Waals surface area contributed by atoms with Gasteiger partial charge in [0.25, 0.3) is 10.1 Å². The van der Waals surface area contributed by atoms with Gasteiger partial charge in [-0.05, 0) is 26.0 Å². The molecule has 2 saturated carbocycles. The van der Waals surface area contributed by atoms with Crippen molar-refractivity contribution in [2.45, 2.75) is 42.9 Å². The Labute approximate surface area is 172 Å². The summed E-state index contributed by atoms with van der Waals surface area (Å²) in [5.74, 6) is -6.21. The standard InChI is InChI=1S/C11H15FN2O5.C7H8O3S/c1-3(13)8(15)14-11(10(18)19)2-4(12)5-6(7(5)11)9(16)17;1-6-2-4-7(5-3-6)11(8,9)10/h3-7H,2,13H2,1H3,(H,14,15)(H,16,17)(H,18,19);2-5H,1H3,(H,8,9,10)/t3-,4+,5-,6-,7-,11-;/m0./s1. The first-order valence-corrected chi connectivity index (χ1v) is 10.4. The van der Waals surface area contributed by atoms with Crippen LogP contribution in [0.4, 0.5) is 4.39 Å². The molecule has 30 heavy (non-hydrogen) atoms. The van der Waals surface area contributed by atoms with Gasteiger partial charge in [-0.3, -0.25) is 14.1 Å². The summed E-state index contributed by atoms with van der Waals surface area (Å²) in [6.07, 6.45) is -1.96. The number of carbonyl (C=O) groups is 3. The van der Waals surface area contributed by atoms with Crippen LogP contribution in [0.3, 0.4) is 0 Å². The van der Waals surface area contributed by atoms with Gasteiger partial charge in [0.15, 0.2) is 0 Å². The number of nitrogens with one attached hydrogen (secondary N) is 1. The zero-order chi connectivity index (χ0) is 23.0. The van der Waals surface area contributed by atoms with Crippen LogP contribution in [-0.2, 0) is 24.5 Å². The number of amides is 1. The van der Waals surface area contributed by atoms with E-state index in [4.69, 9.17) is 15.4 Å². The van der Waals surface area contributed by atoms with Crippen LogP contribution in [0.15, 0.2) is 29.2 Å². The summed E-state index contributed by atoms with van der Waals surface area (Å²) >= 11 is 0. The summed E-state index contributed by atoms with van der Waals surface area (Å²) in [7, 11) is -4.02. The molecule has 0 unspecified atom stereocenters. The molecule has 2 fully saturated rings. The van der Waals surface area contributed by atoms with Gasteiger partial charge in [-0.15, -0.1) is 0 Å². The van der Waals surface area contributed by atoms with Crippen LogP contribution < -0.4 is 11.1 Å². The van der Waals surface area contributed by atoms with Gasteiger partial charge in [0.2, 0.25) is 5.91 Å². The van der Waals surface area contributed by atoms with E-state index in [2.05, 4.69) is 5.32 Å². The summed E-state index contributed by atoms with van der Waals surface area (Å²) < 4.78 is 43.3. The number of aliphatic carboxylic acids is 2. The molecule has 6 atom stereocenters. The third-order valence-corrected chi connectivity index (χ3v) is 6.19. The van der Waals surface area contributed by atoms with E-state index in [1.807, 2.05) is 6.92 Å². The van der Waals surface area contributed by atoms with Gasteiger partial charge in [-0.1, -0.05) is 17.7 Å². The molecule has 0 aromatic heterocycles. The lowest BCUT2D eigenvalue weighted by Crippen LogP contribution is -2.59. The molecule has 0 aliphatic heterocycles. The molecule has 0 heterocycles. The van der Waals surface area contributed by atoms with Gasteiger partial charge in [0.05, 0.1) is 16.9 Å². The molecular formula is C18H23FN2O8S. The summed E-state index contributed by atoms with van der Waals surface area (Å²) in [6.45, 7) is 3.21. The third kappa shape index (κ3) is 4.60. The van der Waals surface area contributed by atoms with E-state index in [-0.39, 0.29) is 4.90 Å². The van der Waals surface area contributed by atoms with Crippen molar-refractivity contribution >= 4 is 28.0 Å². The summed E-state index contributed by atoms with van der Waals surface area (Å²) in [5, 5.41) is 20.5. The average molecular weight is 446 g/mol. The Morgan fingerprint density at radius 3 is 2.13 bits per heavy atom. The van der Waals surface area contributed by atoms with Crippen LogP contribution in [0.1, 0.15) is 18.9 Å². The van der Waals surface area contributed by atoms with Crippen LogP contribution in [-0.4, -0.2) is 58.8 Å². The predicted molar refractivity (Wildman–Crippen MR) is 101 cm³/mol. The van der Waals surface area contributed by atoms with Gasteiger partial charge < -0.3 is 21.3 Å². The third-order valence-electron chi connectivity index (χ3n) is 5.32. The van der Waals surface area contributed by atoms with Crippen molar-refractivity contribution in [1.82, 2.24) is 5.32 Å². The Morgan fingerprint density at radius 1 is 1.23 bits per heavy atom. The number of fused-ring (bicyclic) bond motifs is 1. The van der Waals surface area contributed by atoms with Crippen molar-refractivity contribution in [2.75, 3.05) is 0 Å². The first-order chi connectivity index (χ1) is 13.7. The number of halogens is 1. The topological polar surface area (TPSA) is 184 Å². The van der Waals surface area contributed by atoms with Gasteiger partial charge in [-0.2, -0.15) is 8.42 Å². The molecule has 2 aliphatic carbocycles. The zero-order valence-corrected chi connectivity index (χ0v) is 17.0. The fraction of sp³-hybridized carbons (Fsp3) is 0.500. The van der Waals surface area contributed by atoms with Gasteiger partial charge in [-0.25, -0.2) is 9.18 Å². The van der Waals surface area contributed by atoms with E-state index in [1.165, 1.54) is 19.1 Å². The molecule has 0 spiro atoms. The maximum Gasteiger partial charge on any atom is 0.329 e. The highest BCUT2D eigenvalue weighted by Gasteiger charge is 2.76. The normalized spacial score (nSPS) is 30.3. The van der Waals surface area contributed by atoms with Crippen molar-refractivity contribution in [2.24, 2.45) is 23.5 Å². The van der Waals surface area contributed by atoms with Crippen LogP contribution in [0.2, 0.25) is 0 Å². The van der Waals surface area contributed by atoms with Crippen LogP contribution in [0.25, 0.3) is 0 Å². The Kier molecular flexibility index (Phi) is 6.54. The monoisotopic (exact) mass is 446 g/mol. The van der Waals surface area contributed by atoms with Crippen molar-refractivity contribution in [3.8, 4) is 0 Å². The van der Waals surface area contributed by atoms with E-state index >= 15 is 0 Å². The minimum absolute atomic E-state index is 0.0666. The van der Waals surface area contributed by atoms with Crippen LogP contribution in [0.5, 0.6) is 0 Å². The molecule has 6 N–H and O–H groups in total. The second-order valence-corrected chi connectivity index (χ2v) is 8.95. The fourth-order valence-electron chi connectivity index (χ4n) is 3.78. The fourth-order valence-corrected chi connectivity index (χ4v) is 4.26.